The predicted molar refractivity (Wildman–Crippen MR) is 118 cm³/mol. The molecular formula is C21H26N4O4S. The number of para-hydroxylation sites is 1. The van der Waals surface area contributed by atoms with Crippen molar-refractivity contribution in [2.75, 3.05) is 41.4 Å². The van der Waals surface area contributed by atoms with Gasteiger partial charge >= 0.3 is 0 Å². The molecule has 0 radical (unpaired) electrons. The third-order valence-corrected chi connectivity index (χ3v) is 6.14. The normalized spacial score (nSPS) is 14.2. The van der Waals surface area contributed by atoms with E-state index in [0.717, 1.165) is 37.9 Å². The summed E-state index contributed by atoms with van der Waals surface area (Å²) in [5.41, 5.74) is 7.45. The van der Waals surface area contributed by atoms with Gasteiger partial charge in [0.1, 0.15) is 0 Å². The Bertz CT molecular complexity index is 1050. The highest BCUT2D eigenvalue weighted by Gasteiger charge is 2.17. The molecule has 160 valence electrons. The van der Waals surface area contributed by atoms with Gasteiger partial charge in [-0.05, 0) is 49.6 Å². The fourth-order valence-electron chi connectivity index (χ4n) is 3.50. The topological polar surface area (TPSA) is 122 Å². The Morgan fingerprint density at radius 2 is 1.73 bits per heavy atom. The molecule has 0 aromatic heterocycles. The molecule has 4 N–H and O–H groups in total. The number of hydrogen-bond acceptors (Lipinski definition) is 6. The number of carbonyl (C=O) groups is 2. The first-order valence-corrected chi connectivity index (χ1v) is 11.7. The van der Waals surface area contributed by atoms with Gasteiger partial charge in [0.15, 0.2) is 9.84 Å². The van der Waals surface area contributed by atoms with Gasteiger partial charge < -0.3 is 21.3 Å². The van der Waals surface area contributed by atoms with Crippen molar-refractivity contribution >= 4 is 38.7 Å². The fourth-order valence-corrected chi connectivity index (χ4v) is 4.35. The molecule has 2 aromatic carbocycles. The van der Waals surface area contributed by atoms with E-state index in [1.165, 1.54) is 18.6 Å². The van der Waals surface area contributed by atoms with Crippen LogP contribution in [0.4, 0.5) is 17.1 Å². The van der Waals surface area contributed by atoms with Crippen molar-refractivity contribution in [1.29, 1.82) is 0 Å². The molecule has 1 fully saturated rings. The van der Waals surface area contributed by atoms with Crippen LogP contribution in [0.3, 0.4) is 0 Å². The van der Waals surface area contributed by atoms with Gasteiger partial charge in [0.05, 0.1) is 22.7 Å². The van der Waals surface area contributed by atoms with Crippen LogP contribution in [-0.4, -0.2) is 46.1 Å². The molecule has 0 unspecified atom stereocenters. The average Bonchev–Trinajstić information content (AvgIpc) is 2.72. The second-order valence-corrected chi connectivity index (χ2v) is 9.30. The minimum Gasteiger partial charge on any atom is -0.375 e. The Morgan fingerprint density at radius 3 is 2.40 bits per heavy atom. The number of carbonyl (C=O) groups excluding carboxylic acids is 2. The lowest BCUT2D eigenvalue weighted by Gasteiger charge is -2.29. The monoisotopic (exact) mass is 430 g/mol. The number of amides is 2. The van der Waals surface area contributed by atoms with Gasteiger partial charge in [0, 0.05) is 30.7 Å². The zero-order chi connectivity index (χ0) is 21.7. The van der Waals surface area contributed by atoms with Crippen LogP contribution < -0.4 is 21.3 Å². The van der Waals surface area contributed by atoms with Gasteiger partial charge in [0.2, 0.25) is 5.91 Å². The molecule has 0 bridgehead atoms. The number of nitrogens with one attached hydrogen (secondary N) is 2. The summed E-state index contributed by atoms with van der Waals surface area (Å²) in [4.78, 5) is 26.6. The molecule has 0 saturated carbocycles. The van der Waals surface area contributed by atoms with Crippen LogP contribution in [0.25, 0.3) is 0 Å². The number of nitrogens with two attached hydrogens (primary N) is 1. The molecule has 1 aliphatic heterocycles. The number of anilines is 3. The van der Waals surface area contributed by atoms with Crippen molar-refractivity contribution in [2.24, 2.45) is 5.73 Å². The third kappa shape index (κ3) is 5.29. The minimum absolute atomic E-state index is 0.0436. The van der Waals surface area contributed by atoms with Crippen LogP contribution in [0.5, 0.6) is 0 Å². The Labute approximate surface area is 176 Å². The molecule has 9 heteroatoms. The molecule has 2 amide bonds. The van der Waals surface area contributed by atoms with Gasteiger partial charge in [-0.1, -0.05) is 12.1 Å². The maximum atomic E-state index is 12.4. The molecule has 8 nitrogen and oxygen atoms in total. The van der Waals surface area contributed by atoms with Crippen LogP contribution in [0.2, 0.25) is 0 Å². The Balaban J connectivity index is 1.71. The van der Waals surface area contributed by atoms with Crippen LogP contribution in [0.1, 0.15) is 29.6 Å². The van der Waals surface area contributed by atoms with Crippen LogP contribution in [-0.2, 0) is 14.6 Å². The lowest BCUT2D eigenvalue weighted by Crippen LogP contribution is -2.30. The smallest absolute Gasteiger partial charge is 0.250 e. The van der Waals surface area contributed by atoms with Crippen LogP contribution in [0, 0.1) is 0 Å². The van der Waals surface area contributed by atoms with Crippen molar-refractivity contribution in [3.63, 3.8) is 0 Å². The van der Waals surface area contributed by atoms with E-state index in [0.29, 0.717) is 11.3 Å². The van der Waals surface area contributed by atoms with Gasteiger partial charge in [-0.25, -0.2) is 8.42 Å². The number of benzene rings is 2. The summed E-state index contributed by atoms with van der Waals surface area (Å²) >= 11 is 0. The number of primary amides is 1. The SMILES string of the molecule is CS(=O)(=O)c1ccccc1NC(=O)CNc1ccc(N2CCCCC2)cc1C(N)=O. The Hall–Kier alpha value is -3.07. The molecule has 2 aromatic rings. The summed E-state index contributed by atoms with van der Waals surface area (Å²) in [5, 5.41) is 5.52. The Kier molecular flexibility index (Phi) is 6.61. The summed E-state index contributed by atoms with van der Waals surface area (Å²) in [5.74, 6) is -1.03. The van der Waals surface area contributed by atoms with E-state index in [1.807, 2.05) is 6.07 Å². The van der Waals surface area contributed by atoms with Crippen molar-refractivity contribution in [3.05, 3.63) is 48.0 Å². The molecule has 3 rings (SSSR count). The van der Waals surface area contributed by atoms with E-state index in [-0.39, 0.29) is 17.1 Å². The maximum Gasteiger partial charge on any atom is 0.250 e. The van der Waals surface area contributed by atoms with E-state index in [1.54, 1.807) is 24.3 Å². The molecule has 1 saturated heterocycles. The van der Waals surface area contributed by atoms with E-state index >= 15 is 0 Å². The quantitative estimate of drug-likeness (QED) is 0.619. The number of piperidine rings is 1. The van der Waals surface area contributed by atoms with E-state index < -0.39 is 21.7 Å². The van der Waals surface area contributed by atoms with Gasteiger partial charge in [-0.15, -0.1) is 0 Å². The van der Waals surface area contributed by atoms with E-state index in [4.69, 9.17) is 5.73 Å². The summed E-state index contributed by atoms with van der Waals surface area (Å²) in [6, 6.07) is 11.6. The second kappa shape index (κ2) is 9.17. The molecule has 0 spiro atoms. The van der Waals surface area contributed by atoms with E-state index in [9.17, 15) is 18.0 Å². The molecule has 1 heterocycles. The van der Waals surface area contributed by atoms with Crippen molar-refractivity contribution in [2.45, 2.75) is 24.2 Å². The zero-order valence-electron chi connectivity index (χ0n) is 16.8. The number of nitrogens with zero attached hydrogens (tertiary/aromatic N) is 1. The average molecular weight is 431 g/mol. The lowest BCUT2D eigenvalue weighted by atomic mass is 10.1. The molecule has 30 heavy (non-hydrogen) atoms. The van der Waals surface area contributed by atoms with Gasteiger partial charge in [-0.2, -0.15) is 0 Å². The molecular weight excluding hydrogens is 404 g/mol. The first kappa shape index (κ1) is 21.6. The summed E-state index contributed by atoms with van der Waals surface area (Å²) < 4.78 is 23.7. The van der Waals surface area contributed by atoms with Crippen molar-refractivity contribution in [3.8, 4) is 0 Å². The standard InChI is InChI=1S/C21H26N4O4S/c1-30(28,29)19-8-4-3-7-18(19)24-20(26)14-23-17-10-9-15(13-16(17)21(22)27)25-11-5-2-6-12-25/h3-4,7-10,13,23H,2,5-6,11-12,14H2,1H3,(H2,22,27)(H,24,26). The van der Waals surface area contributed by atoms with Crippen LogP contribution in [0.15, 0.2) is 47.4 Å². The summed E-state index contributed by atoms with van der Waals surface area (Å²) in [6.07, 6.45) is 4.51. The zero-order valence-corrected chi connectivity index (χ0v) is 17.7. The van der Waals surface area contributed by atoms with Gasteiger partial charge in [-0.3, -0.25) is 9.59 Å². The summed E-state index contributed by atoms with van der Waals surface area (Å²) in [6.45, 7) is 1.72. The first-order chi connectivity index (χ1) is 14.3. The highest BCUT2D eigenvalue weighted by molar-refractivity contribution is 7.90. The number of sulfone groups is 1. The largest absolute Gasteiger partial charge is 0.375 e. The number of hydrogen-bond donors (Lipinski definition) is 3. The molecule has 1 aliphatic rings. The highest BCUT2D eigenvalue weighted by atomic mass is 32.2. The second-order valence-electron chi connectivity index (χ2n) is 7.31. The number of rotatable bonds is 7. The van der Waals surface area contributed by atoms with Crippen molar-refractivity contribution < 1.29 is 18.0 Å². The Morgan fingerprint density at radius 1 is 1.03 bits per heavy atom. The lowest BCUT2D eigenvalue weighted by molar-refractivity contribution is -0.114. The van der Waals surface area contributed by atoms with E-state index in [2.05, 4.69) is 15.5 Å². The third-order valence-electron chi connectivity index (χ3n) is 4.99. The first-order valence-electron chi connectivity index (χ1n) is 9.77. The maximum absolute atomic E-state index is 12.4. The minimum atomic E-state index is -3.48. The predicted octanol–water partition coefficient (Wildman–Crippen LogP) is 2.23. The molecule has 0 atom stereocenters. The van der Waals surface area contributed by atoms with Crippen molar-refractivity contribution in [1.82, 2.24) is 0 Å². The summed E-state index contributed by atoms with van der Waals surface area (Å²) in [7, 11) is -3.48. The van der Waals surface area contributed by atoms with Gasteiger partial charge in [0.25, 0.3) is 5.91 Å². The van der Waals surface area contributed by atoms with Crippen LogP contribution >= 0.6 is 0 Å². The fraction of sp³-hybridized carbons (Fsp3) is 0.333. The molecule has 0 aliphatic carbocycles. The highest BCUT2D eigenvalue weighted by Crippen LogP contribution is 2.26.